The first-order chi connectivity index (χ1) is 13.4. The van der Waals surface area contributed by atoms with Gasteiger partial charge in [-0.3, -0.25) is 9.59 Å². The van der Waals surface area contributed by atoms with Crippen molar-refractivity contribution < 1.29 is 14.0 Å². The third kappa shape index (κ3) is 5.32. The second-order valence-electron chi connectivity index (χ2n) is 7.06. The number of carbonyl (C=O) groups excluding carboxylic acids is 2. The van der Waals surface area contributed by atoms with Crippen molar-refractivity contribution in [3.63, 3.8) is 0 Å². The molecule has 5 nitrogen and oxygen atoms in total. The number of anilines is 2. The molecule has 1 heterocycles. The number of rotatable bonds is 6. The SMILES string of the molecule is CC1CCN(c2ccc(NC(=O)CCNC(=O)c3cc(F)ccc3Br)cc2)C1. The summed E-state index contributed by atoms with van der Waals surface area (Å²) in [7, 11) is 0. The van der Waals surface area contributed by atoms with Crippen molar-refractivity contribution in [3.8, 4) is 0 Å². The summed E-state index contributed by atoms with van der Waals surface area (Å²) in [5.41, 5.74) is 2.09. The Bertz CT molecular complexity index is 857. The zero-order chi connectivity index (χ0) is 20.1. The van der Waals surface area contributed by atoms with Crippen LogP contribution in [0.15, 0.2) is 46.9 Å². The Morgan fingerprint density at radius 3 is 2.64 bits per heavy atom. The summed E-state index contributed by atoms with van der Waals surface area (Å²) in [6.45, 7) is 4.54. The fourth-order valence-electron chi connectivity index (χ4n) is 3.20. The van der Waals surface area contributed by atoms with E-state index in [1.54, 1.807) is 0 Å². The molecule has 0 bridgehead atoms. The van der Waals surface area contributed by atoms with E-state index in [0.717, 1.165) is 30.5 Å². The molecule has 148 valence electrons. The van der Waals surface area contributed by atoms with Crippen molar-refractivity contribution in [3.05, 3.63) is 58.3 Å². The van der Waals surface area contributed by atoms with Crippen LogP contribution in [-0.2, 0) is 4.79 Å². The molecular weight excluding hydrogens is 425 g/mol. The van der Waals surface area contributed by atoms with E-state index in [4.69, 9.17) is 0 Å². The lowest BCUT2D eigenvalue weighted by Gasteiger charge is -2.18. The van der Waals surface area contributed by atoms with Gasteiger partial charge < -0.3 is 15.5 Å². The van der Waals surface area contributed by atoms with Gasteiger partial charge in [-0.25, -0.2) is 4.39 Å². The Morgan fingerprint density at radius 1 is 1.21 bits per heavy atom. The van der Waals surface area contributed by atoms with Crippen LogP contribution in [0, 0.1) is 11.7 Å². The predicted octanol–water partition coefficient (Wildman–Crippen LogP) is 4.19. The van der Waals surface area contributed by atoms with Gasteiger partial charge in [0.15, 0.2) is 0 Å². The average Bonchev–Trinajstić information content (AvgIpc) is 3.10. The third-order valence-electron chi connectivity index (χ3n) is 4.75. The molecule has 0 radical (unpaired) electrons. The Labute approximate surface area is 172 Å². The number of hydrogen-bond donors (Lipinski definition) is 2. The van der Waals surface area contributed by atoms with Crippen LogP contribution in [-0.4, -0.2) is 31.4 Å². The van der Waals surface area contributed by atoms with E-state index in [-0.39, 0.29) is 24.4 Å². The van der Waals surface area contributed by atoms with Gasteiger partial charge in [-0.05, 0) is 70.7 Å². The molecule has 1 aliphatic rings. The minimum absolute atomic E-state index is 0.129. The highest BCUT2D eigenvalue weighted by Gasteiger charge is 2.18. The van der Waals surface area contributed by atoms with Crippen LogP contribution in [0.4, 0.5) is 15.8 Å². The largest absolute Gasteiger partial charge is 0.371 e. The van der Waals surface area contributed by atoms with E-state index in [9.17, 15) is 14.0 Å². The summed E-state index contributed by atoms with van der Waals surface area (Å²) in [6.07, 6.45) is 1.33. The normalized spacial score (nSPS) is 16.1. The summed E-state index contributed by atoms with van der Waals surface area (Å²) in [5.74, 6) is -0.398. The number of nitrogens with one attached hydrogen (secondary N) is 2. The second kappa shape index (κ2) is 9.19. The van der Waals surface area contributed by atoms with E-state index in [2.05, 4.69) is 38.4 Å². The monoisotopic (exact) mass is 447 g/mol. The third-order valence-corrected chi connectivity index (χ3v) is 5.44. The van der Waals surface area contributed by atoms with Crippen molar-refractivity contribution >= 4 is 39.1 Å². The van der Waals surface area contributed by atoms with Gasteiger partial charge in [0.05, 0.1) is 5.56 Å². The maximum absolute atomic E-state index is 13.3. The van der Waals surface area contributed by atoms with E-state index in [1.165, 1.54) is 18.6 Å². The Hall–Kier alpha value is -2.41. The van der Waals surface area contributed by atoms with Crippen LogP contribution in [0.3, 0.4) is 0 Å². The summed E-state index contributed by atoms with van der Waals surface area (Å²) in [4.78, 5) is 26.5. The standard InChI is InChI=1S/C21H23BrFN3O2/c1-14-9-11-26(13-14)17-5-3-16(4-6-17)25-20(27)8-10-24-21(28)18-12-15(23)2-7-19(18)22/h2-7,12,14H,8-11,13H2,1H3,(H,24,28)(H,25,27). The second-order valence-corrected chi connectivity index (χ2v) is 7.92. The molecule has 2 N–H and O–H groups in total. The lowest BCUT2D eigenvalue weighted by molar-refractivity contribution is -0.116. The van der Waals surface area contributed by atoms with E-state index in [1.807, 2.05) is 24.3 Å². The first-order valence-electron chi connectivity index (χ1n) is 9.30. The minimum Gasteiger partial charge on any atom is -0.371 e. The number of nitrogens with zero attached hydrogens (tertiary/aromatic N) is 1. The molecule has 0 saturated carbocycles. The molecule has 1 unspecified atom stereocenters. The zero-order valence-electron chi connectivity index (χ0n) is 15.7. The summed E-state index contributed by atoms with van der Waals surface area (Å²) in [6, 6.07) is 11.7. The molecule has 0 aromatic heterocycles. The molecule has 0 aliphatic carbocycles. The maximum atomic E-state index is 13.3. The topological polar surface area (TPSA) is 61.4 Å². The molecule has 1 atom stereocenters. The zero-order valence-corrected chi connectivity index (χ0v) is 17.3. The lowest BCUT2D eigenvalue weighted by Crippen LogP contribution is -2.28. The Morgan fingerprint density at radius 2 is 1.96 bits per heavy atom. The first kappa shape index (κ1) is 20.3. The van der Waals surface area contributed by atoms with Gasteiger partial charge in [0.2, 0.25) is 5.91 Å². The van der Waals surface area contributed by atoms with Crippen LogP contribution in [0.25, 0.3) is 0 Å². The van der Waals surface area contributed by atoms with Crippen molar-refractivity contribution in [1.29, 1.82) is 0 Å². The molecule has 1 saturated heterocycles. The highest BCUT2D eigenvalue weighted by atomic mass is 79.9. The number of halogens is 2. The maximum Gasteiger partial charge on any atom is 0.252 e. The molecule has 0 spiro atoms. The fourth-order valence-corrected chi connectivity index (χ4v) is 3.63. The van der Waals surface area contributed by atoms with Gasteiger partial charge in [-0.15, -0.1) is 0 Å². The van der Waals surface area contributed by atoms with Crippen LogP contribution in [0.1, 0.15) is 30.1 Å². The number of hydrogen-bond acceptors (Lipinski definition) is 3. The van der Waals surface area contributed by atoms with Crippen molar-refractivity contribution in [2.75, 3.05) is 29.9 Å². The van der Waals surface area contributed by atoms with Crippen molar-refractivity contribution in [2.24, 2.45) is 5.92 Å². The fraction of sp³-hybridized carbons (Fsp3) is 0.333. The Kier molecular flexibility index (Phi) is 6.67. The van der Waals surface area contributed by atoms with Crippen LogP contribution < -0.4 is 15.5 Å². The molecule has 1 fully saturated rings. The molecular formula is C21H23BrFN3O2. The van der Waals surface area contributed by atoms with Gasteiger partial charge in [0, 0.05) is 41.9 Å². The minimum atomic E-state index is -0.488. The van der Waals surface area contributed by atoms with Crippen LogP contribution in [0.2, 0.25) is 0 Å². The molecule has 2 aromatic rings. The van der Waals surface area contributed by atoms with E-state index >= 15 is 0 Å². The summed E-state index contributed by atoms with van der Waals surface area (Å²) < 4.78 is 13.8. The van der Waals surface area contributed by atoms with Gasteiger partial charge >= 0.3 is 0 Å². The van der Waals surface area contributed by atoms with Crippen molar-refractivity contribution in [1.82, 2.24) is 5.32 Å². The van der Waals surface area contributed by atoms with Gasteiger partial charge in [-0.1, -0.05) is 6.92 Å². The molecule has 2 aromatic carbocycles. The summed E-state index contributed by atoms with van der Waals surface area (Å²) >= 11 is 3.22. The van der Waals surface area contributed by atoms with E-state index in [0.29, 0.717) is 10.4 Å². The van der Waals surface area contributed by atoms with Gasteiger partial charge in [0.25, 0.3) is 5.91 Å². The predicted molar refractivity (Wildman–Crippen MR) is 112 cm³/mol. The smallest absolute Gasteiger partial charge is 0.252 e. The first-order valence-corrected chi connectivity index (χ1v) is 10.1. The summed E-state index contributed by atoms with van der Waals surface area (Å²) in [5, 5.41) is 5.46. The van der Waals surface area contributed by atoms with Crippen LogP contribution in [0.5, 0.6) is 0 Å². The highest BCUT2D eigenvalue weighted by Crippen LogP contribution is 2.24. The number of benzene rings is 2. The lowest BCUT2D eigenvalue weighted by atomic mass is 10.2. The molecule has 3 rings (SSSR count). The Balaban J connectivity index is 1.45. The molecule has 2 amide bonds. The van der Waals surface area contributed by atoms with Crippen molar-refractivity contribution in [2.45, 2.75) is 19.8 Å². The molecule has 28 heavy (non-hydrogen) atoms. The number of amides is 2. The van der Waals surface area contributed by atoms with Gasteiger partial charge in [0.1, 0.15) is 5.82 Å². The average molecular weight is 448 g/mol. The quantitative estimate of drug-likeness (QED) is 0.697. The highest BCUT2D eigenvalue weighted by molar-refractivity contribution is 9.10. The van der Waals surface area contributed by atoms with Gasteiger partial charge in [-0.2, -0.15) is 0 Å². The molecule has 1 aliphatic heterocycles. The van der Waals surface area contributed by atoms with Crippen LogP contribution >= 0.6 is 15.9 Å². The number of carbonyl (C=O) groups is 2. The van der Waals surface area contributed by atoms with E-state index < -0.39 is 11.7 Å². The molecule has 7 heteroatoms.